The van der Waals surface area contributed by atoms with E-state index >= 15 is 0 Å². The number of hydrogen-bond donors (Lipinski definition) is 2. The molecule has 30 heavy (non-hydrogen) atoms. The molecule has 0 aliphatic rings. The summed E-state index contributed by atoms with van der Waals surface area (Å²) >= 11 is 3.10. The van der Waals surface area contributed by atoms with Gasteiger partial charge >= 0.3 is 0 Å². The van der Waals surface area contributed by atoms with Crippen molar-refractivity contribution in [2.24, 2.45) is 0 Å². The highest BCUT2D eigenvalue weighted by Crippen LogP contribution is 2.19. The van der Waals surface area contributed by atoms with Gasteiger partial charge in [0, 0.05) is 4.47 Å². The normalized spacial score (nSPS) is 10.2. The summed E-state index contributed by atoms with van der Waals surface area (Å²) in [6, 6.07) is 20.2. The number of hydrazine groups is 1. The smallest absolute Gasteiger partial charge is 0.276 e. The molecule has 0 fully saturated rings. The second kappa shape index (κ2) is 10.4. The Balaban J connectivity index is 1.41. The van der Waals surface area contributed by atoms with Crippen LogP contribution >= 0.6 is 15.9 Å². The van der Waals surface area contributed by atoms with Crippen LogP contribution in [0.1, 0.15) is 15.9 Å². The topological polar surface area (TPSA) is 76.7 Å². The molecule has 0 aliphatic heterocycles. The van der Waals surface area contributed by atoms with Crippen LogP contribution in [0.5, 0.6) is 11.5 Å². The van der Waals surface area contributed by atoms with E-state index < -0.39 is 17.6 Å². The number of amides is 2. The van der Waals surface area contributed by atoms with Gasteiger partial charge in [0.1, 0.15) is 23.9 Å². The molecule has 3 aromatic rings. The van der Waals surface area contributed by atoms with Gasteiger partial charge in [-0.25, -0.2) is 4.39 Å². The first-order valence-electron chi connectivity index (χ1n) is 8.95. The third-order valence-corrected chi connectivity index (χ3v) is 4.59. The predicted octanol–water partition coefficient (Wildman–Crippen LogP) is 4.01. The van der Waals surface area contributed by atoms with Gasteiger partial charge in [-0.2, -0.15) is 0 Å². The zero-order valence-corrected chi connectivity index (χ0v) is 17.3. The molecule has 3 aromatic carbocycles. The van der Waals surface area contributed by atoms with Crippen molar-refractivity contribution < 1.29 is 23.5 Å². The highest BCUT2D eigenvalue weighted by molar-refractivity contribution is 9.10. The van der Waals surface area contributed by atoms with Crippen LogP contribution < -0.4 is 20.3 Å². The Morgan fingerprint density at radius 1 is 0.867 bits per heavy atom. The number of hydrogen-bond acceptors (Lipinski definition) is 4. The van der Waals surface area contributed by atoms with Crippen LogP contribution in [-0.4, -0.2) is 18.4 Å². The van der Waals surface area contributed by atoms with E-state index in [0.717, 1.165) is 17.7 Å². The summed E-state index contributed by atoms with van der Waals surface area (Å²) in [5.41, 5.74) is 5.73. The van der Waals surface area contributed by atoms with Gasteiger partial charge in [-0.1, -0.05) is 30.3 Å². The van der Waals surface area contributed by atoms with E-state index in [1.165, 1.54) is 6.07 Å². The SMILES string of the molecule is O=C(COc1ccc(OCc2ccccc2)cc1)NNC(=O)c1ccc(F)cc1Br. The van der Waals surface area contributed by atoms with Crippen molar-refractivity contribution in [1.29, 1.82) is 0 Å². The molecular weight excluding hydrogens is 455 g/mol. The number of nitrogens with one attached hydrogen (secondary N) is 2. The van der Waals surface area contributed by atoms with Crippen LogP contribution in [-0.2, 0) is 11.4 Å². The fourth-order valence-electron chi connectivity index (χ4n) is 2.43. The van der Waals surface area contributed by atoms with Crippen LogP contribution in [0.15, 0.2) is 77.3 Å². The van der Waals surface area contributed by atoms with Crippen molar-refractivity contribution >= 4 is 27.7 Å². The molecule has 0 spiro atoms. The lowest BCUT2D eigenvalue weighted by molar-refractivity contribution is -0.123. The second-order valence-corrected chi connectivity index (χ2v) is 7.02. The summed E-state index contributed by atoms with van der Waals surface area (Å²) in [6.45, 7) is 0.155. The zero-order valence-electron chi connectivity index (χ0n) is 15.7. The highest BCUT2D eigenvalue weighted by Gasteiger charge is 2.12. The summed E-state index contributed by atoms with van der Waals surface area (Å²) in [6.07, 6.45) is 0. The van der Waals surface area contributed by atoms with Gasteiger partial charge in [-0.15, -0.1) is 0 Å². The Kier molecular flexibility index (Phi) is 7.40. The van der Waals surface area contributed by atoms with E-state index in [9.17, 15) is 14.0 Å². The molecule has 6 nitrogen and oxygen atoms in total. The van der Waals surface area contributed by atoms with Crippen molar-refractivity contribution in [3.05, 3.63) is 94.2 Å². The van der Waals surface area contributed by atoms with Gasteiger partial charge in [0.05, 0.1) is 5.56 Å². The maximum absolute atomic E-state index is 13.1. The van der Waals surface area contributed by atoms with E-state index in [0.29, 0.717) is 18.1 Å². The highest BCUT2D eigenvalue weighted by atomic mass is 79.9. The maximum Gasteiger partial charge on any atom is 0.276 e. The number of halogens is 2. The molecule has 0 bridgehead atoms. The van der Waals surface area contributed by atoms with Crippen molar-refractivity contribution in [1.82, 2.24) is 10.9 Å². The Morgan fingerprint density at radius 3 is 2.20 bits per heavy atom. The fourth-order valence-corrected chi connectivity index (χ4v) is 2.96. The first-order valence-corrected chi connectivity index (χ1v) is 9.74. The lowest BCUT2D eigenvalue weighted by Gasteiger charge is -2.10. The molecular formula is C22H18BrFN2O4. The Hall–Kier alpha value is -3.39. The summed E-state index contributed by atoms with van der Waals surface area (Å²) in [5.74, 6) is -0.467. The van der Waals surface area contributed by atoms with Gasteiger partial charge in [0.2, 0.25) is 0 Å². The molecule has 8 heteroatoms. The molecule has 0 radical (unpaired) electrons. The van der Waals surface area contributed by atoms with Crippen molar-refractivity contribution in [2.45, 2.75) is 6.61 Å². The van der Waals surface area contributed by atoms with Gasteiger partial charge in [0.25, 0.3) is 11.8 Å². The molecule has 0 aliphatic carbocycles. The molecule has 0 unspecified atom stereocenters. The molecule has 0 saturated heterocycles. The number of carbonyl (C=O) groups is 2. The summed E-state index contributed by atoms with van der Waals surface area (Å²) in [4.78, 5) is 23.9. The summed E-state index contributed by atoms with van der Waals surface area (Å²) in [5, 5.41) is 0. The minimum Gasteiger partial charge on any atom is -0.489 e. The second-order valence-electron chi connectivity index (χ2n) is 6.16. The van der Waals surface area contributed by atoms with E-state index in [4.69, 9.17) is 9.47 Å². The third-order valence-electron chi connectivity index (χ3n) is 3.93. The van der Waals surface area contributed by atoms with Crippen molar-refractivity contribution in [3.8, 4) is 11.5 Å². The molecule has 0 atom stereocenters. The van der Waals surface area contributed by atoms with E-state index in [2.05, 4.69) is 26.8 Å². The van der Waals surface area contributed by atoms with E-state index in [-0.39, 0.29) is 16.6 Å². The van der Waals surface area contributed by atoms with E-state index in [1.54, 1.807) is 24.3 Å². The maximum atomic E-state index is 13.1. The molecule has 2 amide bonds. The Bertz CT molecular complexity index is 1010. The van der Waals surface area contributed by atoms with Crippen LogP contribution in [0, 0.1) is 5.82 Å². The number of ether oxygens (including phenoxy) is 2. The summed E-state index contributed by atoms with van der Waals surface area (Å²) in [7, 11) is 0. The molecule has 2 N–H and O–H groups in total. The van der Waals surface area contributed by atoms with Crippen LogP contribution in [0.4, 0.5) is 4.39 Å². The molecule has 0 aromatic heterocycles. The first-order chi connectivity index (χ1) is 14.5. The lowest BCUT2D eigenvalue weighted by Crippen LogP contribution is -2.43. The van der Waals surface area contributed by atoms with Crippen LogP contribution in [0.3, 0.4) is 0 Å². The standard InChI is InChI=1S/C22H18BrFN2O4/c23-20-12-16(24)6-11-19(20)22(28)26-25-21(27)14-30-18-9-7-17(8-10-18)29-13-15-4-2-1-3-5-15/h1-12H,13-14H2,(H,25,27)(H,26,28). The number of rotatable bonds is 7. The van der Waals surface area contributed by atoms with Gasteiger partial charge in [-0.3, -0.25) is 20.4 Å². The van der Waals surface area contributed by atoms with E-state index in [1.807, 2.05) is 30.3 Å². The average Bonchev–Trinajstić information content (AvgIpc) is 2.76. The number of benzene rings is 3. The quantitative estimate of drug-likeness (QED) is 0.509. The Morgan fingerprint density at radius 2 is 1.53 bits per heavy atom. The number of carbonyl (C=O) groups excluding carboxylic acids is 2. The average molecular weight is 473 g/mol. The minimum absolute atomic E-state index is 0.184. The molecule has 3 rings (SSSR count). The van der Waals surface area contributed by atoms with Gasteiger partial charge in [0.15, 0.2) is 6.61 Å². The molecule has 154 valence electrons. The Labute approximate surface area is 181 Å². The lowest BCUT2D eigenvalue weighted by atomic mass is 10.2. The van der Waals surface area contributed by atoms with Crippen molar-refractivity contribution in [2.75, 3.05) is 6.61 Å². The van der Waals surface area contributed by atoms with Gasteiger partial charge < -0.3 is 9.47 Å². The third kappa shape index (κ3) is 6.31. The summed E-state index contributed by atoms with van der Waals surface area (Å²) < 4.78 is 24.4. The van der Waals surface area contributed by atoms with Crippen molar-refractivity contribution in [3.63, 3.8) is 0 Å². The fraction of sp³-hybridized carbons (Fsp3) is 0.0909. The monoisotopic (exact) mass is 472 g/mol. The first kappa shape index (κ1) is 21.3. The van der Waals surface area contributed by atoms with Crippen LogP contribution in [0.2, 0.25) is 0 Å². The zero-order chi connectivity index (χ0) is 21.3. The van der Waals surface area contributed by atoms with Crippen LogP contribution in [0.25, 0.3) is 0 Å². The molecule has 0 saturated carbocycles. The molecule has 0 heterocycles. The minimum atomic E-state index is -0.588. The van der Waals surface area contributed by atoms with Gasteiger partial charge in [-0.05, 0) is 64.0 Å². The largest absolute Gasteiger partial charge is 0.489 e. The predicted molar refractivity (Wildman–Crippen MR) is 112 cm³/mol.